The van der Waals surface area contributed by atoms with Crippen molar-refractivity contribution in [2.75, 3.05) is 6.54 Å². The van der Waals surface area contributed by atoms with Crippen LogP contribution in [0.1, 0.15) is 57.2 Å². The summed E-state index contributed by atoms with van der Waals surface area (Å²) in [5.41, 5.74) is 3.45. The van der Waals surface area contributed by atoms with E-state index >= 15 is 0 Å². The second-order valence-corrected chi connectivity index (χ2v) is 6.94. The van der Waals surface area contributed by atoms with Crippen molar-refractivity contribution < 1.29 is 0 Å². The van der Waals surface area contributed by atoms with Crippen LogP contribution in [0.2, 0.25) is 0 Å². The third kappa shape index (κ3) is 2.21. The third-order valence-electron chi connectivity index (χ3n) is 5.03. The lowest BCUT2D eigenvalue weighted by Crippen LogP contribution is -2.33. The second-order valence-electron chi connectivity index (χ2n) is 6.94. The summed E-state index contributed by atoms with van der Waals surface area (Å²) in [5, 5.41) is 3.81. The minimum atomic E-state index is 0.349. The normalized spacial score (nSPS) is 32.9. The van der Waals surface area contributed by atoms with Gasteiger partial charge in [0.15, 0.2) is 0 Å². The van der Waals surface area contributed by atoms with E-state index in [4.69, 9.17) is 0 Å². The third-order valence-corrected chi connectivity index (χ3v) is 5.03. The highest BCUT2D eigenvalue weighted by atomic mass is 14.9. The molecule has 1 heteroatoms. The first-order valence-corrected chi connectivity index (χ1v) is 7.41. The largest absolute Gasteiger partial charge is 0.310 e. The van der Waals surface area contributed by atoms with Crippen LogP contribution in [-0.4, -0.2) is 6.54 Å². The van der Waals surface area contributed by atoms with E-state index in [0.29, 0.717) is 11.5 Å². The fourth-order valence-corrected chi connectivity index (χ4v) is 3.40. The van der Waals surface area contributed by atoms with Gasteiger partial charge >= 0.3 is 0 Å². The van der Waals surface area contributed by atoms with Gasteiger partial charge in [0, 0.05) is 6.04 Å². The summed E-state index contributed by atoms with van der Waals surface area (Å²) < 4.78 is 0. The van der Waals surface area contributed by atoms with Crippen LogP contribution in [0.5, 0.6) is 0 Å². The van der Waals surface area contributed by atoms with Crippen molar-refractivity contribution >= 4 is 0 Å². The van der Waals surface area contributed by atoms with Crippen LogP contribution in [0.15, 0.2) is 24.3 Å². The molecule has 0 saturated heterocycles. The van der Waals surface area contributed by atoms with Crippen molar-refractivity contribution in [3.05, 3.63) is 35.4 Å². The van der Waals surface area contributed by atoms with Crippen LogP contribution < -0.4 is 5.32 Å². The van der Waals surface area contributed by atoms with Gasteiger partial charge in [-0.15, -0.1) is 0 Å². The summed E-state index contributed by atoms with van der Waals surface area (Å²) in [6.07, 6.45) is 4.00. The Hall–Kier alpha value is -0.820. The average molecular weight is 243 g/mol. The van der Waals surface area contributed by atoms with E-state index in [2.05, 4.69) is 50.4 Å². The van der Waals surface area contributed by atoms with Crippen molar-refractivity contribution in [1.82, 2.24) is 5.32 Å². The van der Waals surface area contributed by atoms with Crippen molar-refractivity contribution in [3.8, 4) is 0 Å². The van der Waals surface area contributed by atoms with E-state index in [9.17, 15) is 0 Å². The molecule has 1 N–H and O–H groups in total. The smallest absolute Gasteiger partial charge is 0.0323 e. The van der Waals surface area contributed by atoms with E-state index < -0.39 is 0 Å². The van der Waals surface area contributed by atoms with Gasteiger partial charge in [0.05, 0.1) is 0 Å². The molecule has 1 aromatic carbocycles. The Morgan fingerprint density at radius 2 is 2.00 bits per heavy atom. The van der Waals surface area contributed by atoms with Gasteiger partial charge in [0.25, 0.3) is 0 Å². The Kier molecular flexibility index (Phi) is 2.97. The molecule has 0 amide bonds. The SMILES string of the molecule is CC1CC1CNC1CCC(C)(C)c2ccccc21. The highest BCUT2D eigenvalue weighted by Crippen LogP contribution is 2.42. The molecule has 2 aliphatic carbocycles. The molecule has 0 spiro atoms. The fraction of sp³-hybridized carbons (Fsp3) is 0.647. The second kappa shape index (κ2) is 4.38. The minimum Gasteiger partial charge on any atom is -0.310 e. The highest BCUT2D eigenvalue weighted by molar-refractivity contribution is 5.38. The van der Waals surface area contributed by atoms with Gasteiger partial charge < -0.3 is 5.32 Å². The van der Waals surface area contributed by atoms with Gasteiger partial charge in [-0.2, -0.15) is 0 Å². The van der Waals surface area contributed by atoms with E-state index in [1.54, 1.807) is 11.1 Å². The molecule has 3 unspecified atom stereocenters. The minimum absolute atomic E-state index is 0.349. The maximum absolute atomic E-state index is 3.81. The maximum Gasteiger partial charge on any atom is 0.0323 e. The number of hydrogen-bond donors (Lipinski definition) is 1. The first-order chi connectivity index (χ1) is 8.58. The molecule has 3 rings (SSSR count). The van der Waals surface area contributed by atoms with Crippen LogP contribution in [0.4, 0.5) is 0 Å². The van der Waals surface area contributed by atoms with Gasteiger partial charge in [-0.3, -0.25) is 0 Å². The number of rotatable bonds is 3. The molecule has 1 saturated carbocycles. The molecule has 2 aliphatic rings. The van der Waals surface area contributed by atoms with E-state index in [0.717, 1.165) is 11.8 Å². The lowest BCUT2D eigenvalue weighted by atomic mass is 9.71. The molecular weight excluding hydrogens is 218 g/mol. The molecular formula is C17H25N. The van der Waals surface area contributed by atoms with Gasteiger partial charge in [0.2, 0.25) is 0 Å². The molecule has 18 heavy (non-hydrogen) atoms. The van der Waals surface area contributed by atoms with Crippen LogP contribution in [-0.2, 0) is 5.41 Å². The number of benzene rings is 1. The molecule has 1 fully saturated rings. The zero-order chi connectivity index (χ0) is 12.8. The van der Waals surface area contributed by atoms with Crippen LogP contribution in [0.25, 0.3) is 0 Å². The Morgan fingerprint density at radius 1 is 1.28 bits per heavy atom. The summed E-state index contributed by atoms with van der Waals surface area (Å²) >= 11 is 0. The van der Waals surface area contributed by atoms with E-state index in [1.807, 2.05) is 0 Å². The predicted molar refractivity (Wildman–Crippen MR) is 76.7 cm³/mol. The first-order valence-electron chi connectivity index (χ1n) is 7.41. The molecule has 0 aliphatic heterocycles. The molecule has 3 atom stereocenters. The van der Waals surface area contributed by atoms with Gasteiger partial charge in [0.1, 0.15) is 0 Å². The topological polar surface area (TPSA) is 12.0 Å². The van der Waals surface area contributed by atoms with Crippen molar-refractivity contribution in [2.45, 2.75) is 51.5 Å². The molecule has 0 heterocycles. The Bertz CT molecular complexity index is 435. The highest BCUT2D eigenvalue weighted by Gasteiger charge is 2.35. The predicted octanol–water partition coefficient (Wildman–Crippen LogP) is 4.04. The van der Waals surface area contributed by atoms with E-state index in [-0.39, 0.29) is 0 Å². The Labute approximate surface area is 111 Å². The zero-order valence-electron chi connectivity index (χ0n) is 11.9. The van der Waals surface area contributed by atoms with Gasteiger partial charge in [-0.25, -0.2) is 0 Å². The Balaban J connectivity index is 1.76. The van der Waals surface area contributed by atoms with Crippen LogP contribution in [0.3, 0.4) is 0 Å². The lowest BCUT2D eigenvalue weighted by Gasteiger charge is -2.37. The molecule has 0 bridgehead atoms. The van der Waals surface area contributed by atoms with Crippen LogP contribution in [0, 0.1) is 11.8 Å². The summed E-state index contributed by atoms with van der Waals surface area (Å²) in [6.45, 7) is 8.33. The van der Waals surface area contributed by atoms with Gasteiger partial charge in [-0.1, -0.05) is 45.0 Å². The number of fused-ring (bicyclic) bond motifs is 1. The first kappa shape index (κ1) is 12.2. The number of nitrogens with one attached hydrogen (secondary N) is 1. The van der Waals surface area contributed by atoms with Crippen molar-refractivity contribution in [2.24, 2.45) is 11.8 Å². The molecule has 1 aromatic rings. The van der Waals surface area contributed by atoms with Gasteiger partial charge in [-0.05, 0) is 54.2 Å². The molecule has 0 radical (unpaired) electrons. The standard InChI is InChI=1S/C17H25N/c1-12-10-13(12)11-18-16-8-9-17(2,3)15-7-5-4-6-14(15)16/h4-7,12-13,16,18H,8-11H2,1-3H3. The maximum atomic E-state index is 3.81. The lowest BCUT2D eigenvalue weighted by molar-refractivity contribution is 0.354. The quantitative estimate of drug-likeness (QED) is 0.844. The molecule has 0 aromatic heterocycles. The van der Waals surface area contributed by atoms with Crippen LogP contribution >= 0.6 is 0 Å². The van der Waals surface area contributed by atoms with Crippen molar-refractivity contribution in [3.63, 3.8) is 0 Å². The zero-order valence-corrected chi connectivity index (χ0v) is 11.9. The van der Waals surface area contributed by atoms with Crippen molar-refractivity contribution in [1.29, 1.82) is 0 Å². The Morgan fingerprint density at radius 3 is 2.72 bits per heavy atom. The van der Waals surface area contributed by atoms with E-state index in [1.165, 1.54) is 25.8 Å². The molecule has 98 valence electrons. The summed E-state index contributed by atoms with van der Waals surface area (Å²) in [4.78, 5) is 0. The number of hydrogen-bond acceptors (Lipinski definition) is 1. The molecule has 1 nitrogen and oxygen atoms in total. The average Bonchev–Trinajstić information content (AvgIpc) is 3.05. The fourth-order valence-electron chi connectivity index (χ4n) is 3.40. The monoisotopic (exact) mass is 243 g/mol. The summed E-state index contributed by atoms with van der Waals surface area (Å²) in [7, 11) is 0. The summed E-state index contributed by atoms with van der Waals surface area (Å²) in [5.74, 6) is 1.89. The summed E-state index contributed by atoms with van der Waals surface area (Å²) in [6, 6.07) is 9.61.